The molecule has 5 heteroatoms. The SMILES string of the molecule is C/C=C(\SCCl)C(=O)NC(C)(C)C(=O)CC. The van der Waals surface area contributed by atoms with Crippen molar-refractivity contribution in [3.05, 3.63) is 11.0 Å². The average Bonchev–Trinajstić information content (AvgIpc) is 2.23. The Hall–Kier alpha value is -0.480. The first-order valence-electron chi connectivity index (χ1n) is 5.09. The van der Waals surface area contributed by atoms with Crippen LogP contribution in [0.25, 0.3) is 0 Å². The molecule has 0 aliphatic heterocycles. The lowest BCUT2D eigenvalue weighted by atomic mass is 9.97. The van der Waals surface area contributed by atoms with Gasteiger partial charge in [0.15, 0.2) is 5.78 Å². The van der Waals surface area contributed by atoms with Crippen LogP contribution in [0.3, 0.4) is 0 Å². The standard InChI is InChI=1S/C11H18ClNO2S/c1-5-8(16-7-12)10(15)13-11(3,4)9(14)6-2/h5H,6-7H2,1-4H3,(H,13,15)/b8-5-. The molecule has 16 heavy (non-hydrogen) atoms. The van der Waals surface area contributed by atoms with Gasteiger partial charge in [-0.3, -0.25) is 9.59 Å². The minimum absolute atomic E-state index is 0.00664. The van der Waals surface area contributed by atoms with Crippen LogP contribution in [0.15, 0.2) is 11.0 Å². The maximum atomic E-state index is 11.8. The summed E-state index contributed by atoms with van der Waals surface area (Å²) in [6.07, 6.45) is 2.09. The van der Waals surface area contributed by atoms with E-state index in [-0.39, 0.29) is 11.7 Å². The van der Waals surface area contributed by atoms with Crippen molar-refractivity contribution in [2.24, 2.45) is 0 Å². The van der Waals surface area contributed by atoms with Crippen molar-refractivity contribution in [3.8, 4) is 0 Å². The van der Waals surface area contributed by atoms with Crippen molar-refractivity contribution in [3.63, 3.8) is 0 Å². The Kier molecular flexibility index (Phi) is 6.76. The van der Waals surface area contributed by atoms with Crippen molar-refractivity contribution >= 4 is 35.1 Å². The van der Waals surface area contributed by atoms with Crippen LogP contribution in [-0.2, 0) is 9.59 Å². The first kappa shape index (κ1) is 15.5. The molecule has 0 spiro atoms. The summed E-state index contributed by atoms with van der Waals surface area (Å²) in [6.45, 7) is 6.95. The van der Waals surface area contributed by atoms with E-state index in [9.17, 15) is 9.59 Å². The summed E-state index contributed by atoms with van der Waals surface area (Å²) in [5.41, 5.74) is -0.826. The fourth-order valence-electron chi connectivity index (χ4n) is 1.20. The molecule has 0 saturated carbocycles. The van der Waals surface area contributed by atoms with E-state index < -0.39 is 5.54 Å². The van der Waals surface area contributed by atoms with Gasteiger partial charge in [-0.05, 0) is 20.8 Å². The lowest BCUT2D eigenvalue weighted by molar-refractivity contribution is -0.128. The molecule has 0 aromatic heterocycles. The third kappa shape index (κ3) is 4.58. The second-order valence-corrected chi connectivity index (χ2v) is 5.36. The lowest BCUT2D eigenvalue weighted by Crippen LogP contribution is -2.49. The van der Waals surface area contributed by atoms with E-state index in [0.29, 0.717) is 16.5 Å². The van der Waals surface area contributed by atoms with Crippen LogP contribution in [0.4, 0.5) is 0 Å². The highest BCUT2D eigenvalue weighted by atomic mass is 35.5. The molecule has 0 aromatic rings. The van der Waals surface area contributed by atoms with E-state index in [4.69, 9.17) is 11.6 Å². The van der Waals surface area contributed by atoms with Crippen LogP contribution in [0, 0.1) is 0 Å². The van der Waals surface area contributed by atoms with Crippen molar-refractivity contribution in [2.75, 3.05) is 5.21 Å². The zero-order valence-corrected chi connectivity index (χ0v) is 11.7. The molecule has 0 fully saturated rings. The van der Waals surface area contributed by atoms with Gasteiger partial charge in [0.25, 0.3) is 5.91 Å². The number of amides is 1. The lowest BCUT2D eigenvalue weighted by Gasteiger charge is -2.24. The number of thioether (sulfide) groups is 1. The van der Waals surface area contributed by atoms with Gasteiger partial charge in [-0.15, -0.1) is 23.4 Å². The molecule has 0 aliphatic carbocycles. The van der Waals surface area contributed by atoms with Crippen LogP contribution < -0.4 is 5.32 Å². The maximum Gasteiger partial charge on any atom is 0.258 e. The number of ketones is 1. The average molecular weight is 264 g/mol. The molecule has 0 aromatic carbocycles. The van der Waals surface area contributed by atoms with Crippen molar-refractivity contribution in [1.29, 1.82) is 0 Å². The van der Waals surface area contributed by atoms with Crippen LogP contribution in [0.1, 0.15) is 34.1 Å². The van der Waals surface area contributed by atoms with Crippen molar-refractivity contribution in [2.45, 2.75) is 39.7 Å². The van der Waals surface area contributed by atoms with Crippen LogP contribution in [0.5, 0.6) is 0 Å². The fourth-order valence-corrected chi connectivity index (χ4v) is 2.01. The molecule has 1 amide bonds. The molecule has 0 heterocycles. The van der Waals surface area contributed by atoms with Crippen molar-refractivity contribution in [1.82, 2.24) is 5.32 Å². The molecule has 0 bridgehead atoms. The number of hydrogen-bond donors (Lipinski definition) is 1. The minimum Gasteiger partial charge on any atom is -0.340 e. The van der Waals surface area contributed by atoms with E-state index in [1.54, 1.807) is 33.8 Å². The van der Waals surface area contributed by atoms with Gasteiger partial charge in [-0.25, -0.2) is 0 Å². The molecule has 0 radical (unpaired) electrons. The zero-order chi connectivity index (χ0) is 12.8. The maximum absolute atomic E-state index is 11.8. The summed E-state index contributed by atoms with van der Waals surface area (Å²) in [7, 11) is 0. The summed E-state index contributed by atoms with van der Waals surface area (Å²) in [6, 6.07) is 0. The number of nitrogens with one attached hydrogen (secondary N) is 1. The monoisotopic (exact) mass is 263 g/mol. The highest BCUT2D eigenvalue weighted by molar-refractivity contribution is 8.04. The highest BCUT2D eigenvalue weighted by Crippen LogP contribution is 2.18. The molecule has 0 saturated heterocycles. The van der Waals surface area contributed by atoms with Gasteiger partial charge in [-0.1, -0.05) is 13.0 Å². The first-order valence-corrected chi connectivity index (χ1v) is 6.62. The number of allylic oxidation sites excluding steroid dienone is 1. The summed E-state index contributed by atoms with van der Waals surface area (Å²) in [5, 5.41) is 3.02. The molecule has 0 rings (SSSR count). The summed E-state index contributed by atoms with van der Waals surface area (Å²) >= 11 is 6.80. The van der Waals surface area contributed by atoms with E-state index in [1.807, 2.05) is 0 Å². The second kappa shape index (κ2) is 6.97. The Labute approximate surface area is 106 Å². The normalized spacial score (nSPS) is 12.4. The molecule has 0 atom stereocenters. The number of Topliss-reactive ketones (excluding diaryl/α,β-unsaturated/α-hetero) is 1. The number of carbonyl (C=O) groups excluding carboxylic acids is 2. The third-order valence-electron chi connectivity index (χ3n) is 2.14. The minimum atomic E-state index is -0.826. The van der Waals surface area contributed by atoms with E-state index in [1.165, 1.54) is 11.8 Å². The largest absolute Gasteiger partial charge is 0.340 e. The first-order chi connectivity index (χ1) is 7.38. The zero-order valence-electron chi connectivity index (χ0n) is 10.1. The molecule has 1 N–H and O–H groups in total. The number of rotatable bonds is 6. The highest BCUT2D eigenvalue weighted by Gasteiger charge is 2.28. The topological polar surface area (TPSA) is 46.2 Å². The van der Waals surface area contributed by atoms with Gasteiger partial charge in [0.2, 0.25) is 0 Å². The van der Waals surface area contributed by atoms with Crippen LogP contribution in [0.2, 0.25) is 0 Å². The fraction of sp³-hybridized carbons (Fsp3) is 0.636. The van der Waals surface area contributed by atoms with Crippen molar-refractivity contribution < 1.29 is 9.59 Å². The molecule has 3 nitrogen and oxygen atoms in total. The number of halogens is 1. The Morgan fingerprint density at radius 3 is 2.38 bits per heavy atom. The summed E-state index contributed by atoms with van der Waals surface area (Å²) in [4.78, 5) is 23.9. The summed E-state index contributed by atoms with van der Waals surface area (Å²) in [5.74, 6) is -0.243. The Morgan fingerprint density at radius 2 is 2.00 bits per heavy atom. The number of alkyl halides is 1. The Balaban J connectivity index is 4.60. The number of carbonyl (C=O) groups is 2. The smallest absolute Gasteiger partial charge is 0.258 e. The van der Waals surface area contributed by atoms with Gasteiger partial charge < -0.3 is 5.32 Å². The van der Waals surface area contributed by atoms with Gasteiger partial charge in [-0.2, -0.15) is 0 Å². The van der Waals surface area contributed by atoms with Crippen LogP contribution >= 0.6 is 23.4 Å². The second-order valence-electron chi connectivity index (χ2n) is 3.76. The summed E-state index contributed by atoms with van der Waals surface area (Å²) < 4.78 is 0. The molecular weight excluding hydrogens is 246 g/mol. The van der Waals surface area contributed by atoms with E-state index >= 15 is 0 Å². The van der Waals surface area contributed by atoms with Gasteiger partial charge in [0.1, 0.15) is 0 Å². The third-order valence-corrected chi connectivity index (χ3v) is 3.31. The van der Waals surface area contributed by atoms with E-state index in [2.05, 4.69) is 5.32 Å². The molecule has 0 unspecified atom stereocenters. The quantitative estimate of drug-likeness (QED) is 0.592. The molecule has 92 valence electrons. The molecule has 0 aliphatic rings. The van der Waals surface area contributed by atoms with Gasteiger partial charge >= 0.3 is 0 Å². The van der Waals surface area contributed by atoms with Crippen LogP contribution in [-0.4, -0.2) is 22.4 Å². The van der Waals surface area contributed by atoms with E-state index in [0.717, 1.165) is 0 Å². The predicted molar refractivity (Wildman–Crippen MR) is 69.6 cm³/mol. The Bertz CT molecular complexity index is 300. The van der Waals surface area contributed by atoms with Gasteiger partial charge in [0.05, 0.1) is 15.7 Å². The Morgan fingerprint density at radius 1 is 1.44 bits per heavy atom. The van der Waals surface area contributed by atoms with Gasteiger partial charge in [0, 0.05) is 6.42 Å². The number of hydrogen-bond acceptors (Lipinski definition) is 3. The molecular formula is C11H18ClNO2S. The predicted octanol–water partition coefficient (Wildman–Crippen LogP) is 2.69.